The lowest BCUT2D eigenvalue weighted by Crippen LogP contribution is -2.35. The Labute approximate surface area is 138 Å². The second kappa shape index (κ2) is 8.37. The maximum absolute atomic E-state index is 12.5. The monoisotopic (exact) mass is 310 g/mol. The van der Waals surface area contributed by atoms with Gasteiger partial charge < -0.3 is 11.1 Å². The molecule has 2 aromatic rings. The van der Waals surface area contributed by atoms with Crippen molar-refractivity contribution in [3.63, 3.8) is 0 Å². The number of nitrogens with one attached hydrogen (secondary N) is 1. The molecule has 0 bridgehead atoms. The van der Waals surface area contributed by atoms with Gasteiger partial charge in [-0.3, -0.25) is 4.79 Å². The summed E-state index contributed by atoms with van der Waals surface area (Å²) in [4.78, 5) is 12.5. The molecule has 2 aromatic carbocycles. The lowest BCUT2D eigenvalue weighted by Gasteiger charge is -2.19. The molecule has 122 valence electrons. The minimum absolute atomic E-state index is 0.0266. The van der Waals surface area contributed by atoms with Gasteiger partial charge >= 0.3 is 0 Å². The number of rotatable bonds is 7. The van der Waals surface area contributed by atoms with Crippen LogP contribution >= 0.6 is 0 Å². The second-order valence-electron chi connectivity index (χ2n) is 6.06. The van der Waals surface area contributed by atoms with Crippen LogP contribution in [0.3, 0.4) is 0 Å². The van der Waals surface area contributed by atoms with Gasteiger partial charge in [0, 0.05) is 17.3 Å². The molecule has 0 fully saturated rings. The molecule has 0 aliphatic carbocycles. The summed E-state index contributed by atoms with van der Waals surface area (Å²) >= 11 is 0. The van der Waals surface area contributed by atoms with Crippen molar-refractivity contribution >= 4 is 11.6 Å². The first-order valence-electron chi connectivity index (χ1n) is 8.31. The molecule has 0 aliphatic heterocycles. The zero-order chi connectivity index (χ0) is 16.7. The predicted molar refractivity (Wildman–Crippen MR) is 96.5 cm³/mol. The van der Waals surface area contributed by atoms with E-state index < -0.39 is 0 Å². The van der Waals surface area contributed by atoms with E-state index in [0.717, 1.165) is 31.2 Å². The van der Waals surface area contributed by atoms with Crippen molar-refractivity contribution in [2.24, 2.45) is 0 Å². The predicted octanol–water partition coefficient (Wildman–Crippen LogP) is 4.11. The SMILES string of the molecule is CCCC(CCc1ccccc1)NC(=O)c1cc(N)ccc1C. The molecule has 3 N–H and O–H groups in total. The highest BCUT2D eigenvalue weighted by Gasteiger charge is 2.15. The lowest BCUT2D eigenvalue weighted by atomic mass is 10.0. The molecular weight excluding hydrogens is 284 g/mol. The second-order valence-corrected chi connectivity index (χ2v) is 6.06. The number of nitrogens with two attached hydrogens (primary N) is 1. The minimum atomic E-state index is -0.0266. The summed E-state index contributed by atoms with van der Waals surface area (Å²) in [5.41, 5.74) is 9.37. The Kier molecular flexibility index (Phi) is 6.21. The highest BCUT2D eigenvalue weighted by Crippen LogP contribution is 2.14. The van der Waals surface area contributed by atoms with Gasteiger partial charge in [0.2, 0.25) is 0 Å². The van der Waals surface area contributed by atoms with Crippen LogP contribution in [0.25, 0.3) is 0 Å². The first-order chi connectivity index (χ1) is 11.1. The van der Waals surface area contributed by atoms with Crippen LogP contribution in [0.5, 0.6) is 0 Å². The molecule has 1 amide bonds. The third-order valence-corrected chi connectivity index (χ3v) is 4.10. The smallest absolute Gasteiger partial charge is 0.251 e. The molecule has 0 saturated carbocycles. The highest BCUT2D eigenvalue weighted by atomic mass is 16.1. The van der Waals surface area contributed by atoms with Crippen molar-refractivity contribution in [2.45, 2.75) is 45.6 Å². The summed E-state index contributed by atoms with van der Waals surface area (Å²) in [6.45, 7) is 4.08. The van der Waals surface area contributed by atoms with Crippen molar-refractivity contribution in [2.75, 3.05) is 5.73 Å². The van der Waals surface area contributed by atoms with Gasteiger partial charge in [-0.1, -0.05) is 49.7 Å². The van der Waals surface area contributed by atoms with Crippen molar-refractivity contribution in [1.29, 1.82) is 0 Å². The average molecular weight is 310 g/mol. The number of hydrogen-bond donors (Lipinski definition) is 2. The summed E-state index contributed by atoms with van der Waals surface area (Å²) in [5, 5.41) is 3.18. The molecule has 2 rings (SSSR count). The standard InChI is InChI=1S/C20H26N2O/c1-3-7-18(13-11-16-8-5-4-6-9-16)22-20(23)19-14-17(21)12-10-15(19)2/h4-6,8-10,12,14,18H,3,7,11,13,21H2,1-2H3,(H,22,23). The van der Waals surface area contributed by atoms with E-state index in [2.05, 4.69) is 36.5 Å². The number of aryl methyl sites for hydroxylation is 2. The van der Waals surface area contributed by atoms with Crippen molar-refractivity contribution in [3.05, 3.63) is 65.2 Å². The molecule has 0 spiro atoms. The van der Waals surface area contributed by atoms with E-state index in [-0.39, 0.29) is 11.9 Å². The first kappa shape index (κ1) is 17.1. The molecule has 0 radical (unpaired) electrons. The fourth-order valence-corrected chi connectivity index (χ4v) is 2.77. The van der Waals surface area contributed by atoms with E-state index in [0.29, 0.717) is 11.3 Å². The number of anilines is 1. The van der Waals surface area contributed by atoms with Crippen LogP contribution < -0.4 is 11.1 Å². The Balaban J connectivity index is 2.00. The molecular formula is C20H26N2O. The molecule has 1 atom stereocenters. The van der Waals surface area contributed by atoms with Crippen LogP contribution in [0.1, 0.15) is 47.7 Å². The Morgan fingerprint density at radius 1 is 1.13 bits per heavy atom. The van der Waals surface area contributed by atoms with Gasteiger partial charge in [0.25, 0.3) is 5.91 Å². The van der Waals surface area contributed by atoms with Gasteiger partial charge in [-0.25, -0.2) is 0 Å². The maximum Gasteiger partial charge on any atom is 0.251 e. The fraction of sp³-hybridized carbons (Fsp3) is 0.350. The van der Waals surface area contributed by atoms with Crippen LogP contribution in [0, 0.1) is 6.92 Å². The van der Waals surface area contributed by atoms with E-state index in [1.165, 1.54) is 5.56 Å². The first-order valence-corrected chi connectivity index (χ1v) is 8.31. The molecule has 1 unspecified atom stereocenters. The van der Waals surface area contributed by atoms with Gasteiger partial charge in [-0.05, 0) is 49.4 Å². The summed E-state index contributed by atoms with van der Waals surface area (Å²) in [6, 6.07) is 16.1. The number of amides is 1. The summed E-state index contributed by atoms with van der Waals surface area (Å²) in [7, 11) is 0. The Morgan fingerprint density at radius 3 is 2.57 bits per heavy atom. The Hall–Kier alpha value is -2.29. The Morgan fingerprint density at radius 2 is 1.87 bits per heavy atom. The van der Waals surface area contributed by atoms with Gasteiger partial charge in [0.1, 0.15) is 0 Å². The minimum Gasteiger partial charge on any atom is -0.399 e. The third kappa shape index (κ3) is 5.13. The quantitative estimate of drug-likeness (QED) is 0.756. The van der Waals surface area contributed by atoms with Crippen LogP contribution in [0.15, 0.2) is 48.5 Å². The molecule has 0 saturated heterocycles. The van der Waals surface area contributed by atoms with Gasteiger partial charge in [0.15, 0.2) is 0 Å². The van der Waals surface area contributed by atoms with Crippen molar-refractivity contribution in [3.8, 4) is 0 Å². The summed E-state index contributed by atoms with van der Waals surface area (Å²) in [5.74, 6) is -0.0266. The normalized spacial score (nSPS) is 11.9. The van der Waals surface area contributed by atoms with Gasteiger partial charge in [-0.2, -0.15) is 0 Å². The van der Waals surface area contributed by atoms with E-state index in [1.54, 1.807) is 6.07 Å². The average Bonchev–Trinajstić information content (AvgIpc) is 2.56. The number of carbonyl (C=O) groups is 1. The molecule has 3 heteroatoms. The molecule has 23 heavy (non-hydrogen) atoms. The van der Waals surface area contributed by atoms with Crippen molar-refractivity contribution < 1.29 is 4.79 Å². The van der Waals surface area contributed by atoms with E-state index >= 15 is 0 Å². The largest absolute Gasteiger partial charge is 0.399 e. The summed E-state index contributed by atoms with van der Waals surface area (Å²) < 4.78 is 0. The highest BCUT2D eigenvalue weighted by molar-refractivity contribution is 5.96. The number of nitrogen functional groups attached to an aromatic ring is 1. The lowest BCUT2D eigenvalue weighted by molar-refractivity contribution is 0.0932. The van der Waals surface area contributed by atoms with E-state index in [1.807, 2.05) is 25.1 Å². The fourth-order valence-electron chi connectivity index (χ4n) is 2.77. The molecule has 0 heterocycles. The van der Waals surface area contributed by atoms with E-state index in [9.17, 15) is 4.79 Å². The van der Waals surface area contributed by atoms with Gasteiger partial charge in [-0.15, -0.1) is 0 Å². The number of hydrogen-bond acceptors (Lipinski definition) is 2. The third-order valence-electron chi connectivity index (χ3n) is 4.10. The molecule has 3 nitrogen and oxygen atoms in total. The van der Waals surface area contributed by atoms with Crippen LogP contribution in [-0.2, 0) is 6.42 Å². The van der Waals surface area contributed by atoms with Crippen LogP contribution in [-0.4, -0.2) is 11.9 Å². The van der Waals surface area contributed by atoms with Gasteiger partial charge in [0.05, 0.1) is 0 Å². The summed E-state index contributed by atoms with van der Waals surface area (Å²) in [6.07, 6.45) is 3.96. The Bertz CT molecular complexity index is 637. The number of carbonyl (C=O) groups excluding carboxylic acids is 1. The molecule has 0 aliphatic rings. The van der Waals surface area contributed by atoms with E-state index in [4.69, 9.17) is 5.73 Å². The van der Waals surface area contributed by atoms with Crippen LogP contribution in [0.2, 0.25) is 0 Å². The topological polar surface area (TPSA) is 55.1 Å². The van der Waals surface area contributed by atoms with Crippen LogP contribution in [0.4, 0.5) is 5.69 Å². The zero-order valence-electron chi connectivity index (χ0n) is 14.0. The number of benzene rings is 2. The van der Waals surface area contributed by atoms with Crippen molar-refractivity contribution in [1.82, 2.24) is 5.32 Å². The maximum atomic E-state index is 12.5. The molecule has 0 aromatic heterocycles. The zero-order valence-corrected chi connectivity index (χ0v) is 14.0.